The molecule has 0 amide bonds. The second kappa shape index (κ2) is 3.18. The Morgan fingerprint density at radius 2 is 2.55 bits per heavy atom. The molecule has 0 bridgehead atoms. The number of esters is 1. The maximum Gasteiger partial charge on any atom is 0.356 e. The van der Waals surface area contributed by atoms with Crippen LogP contribution in [-0.4, -0.2) is 22.1 Å². The molecule has 1 aromatic rings. The van der Waals surface area contributed by atoms with Gasteiger partial charge in [0.05, 0.1) is 19.1 Å². The van der Waals surface area contributed by atoms with Crippen LogP contribution in [0.2, 0.25) is 0 Å². The van der Waals surface area contributed by atoms with Crippen molar-refractivity contribution in [2.45, 2.75) is 6.92 Å². The van der Waals surface area contributed by atoms with Crippen molar-refractivity contribution in [3.8, 4) is 0 Å². The first-order chi connectivity index (χ1) is 5.25. The lowest BCUT2D eigenvalue weighted by molar-refractivity contribution is 0.0515. The average molecular weight is 154 g/mol. The number of imidazole rings is 1. The molecule has 0 aromatic carbocycles. The fraction of sp³-hybridized carbons (Fsp3) is 0.429. The maximum absolute atomic E-state index is 11.0. The Labute approximate surface area is 64.8 Å². The lowest BCUT2D eigenvalue weighted by atomic mass is 10.5. The monoisotopic (exact) mass is 154 g/mol. The Bertz CT molecular complexity index is 255. The van der Waals surface area contributed by atoms with Gasteiger partial charge >= 0.3 is 5.97 Å². The van der Waals surface area contributed by atoms with Crippen molar-refractivity contribution in [1.29, 1.82) is 0 Å². The van der Waals surface area contributed by atoms with E-state index < -0.39 is 0 Å². The van der Waals surface area contributed by atoms with Gasteiger partial charge in [-0.1, -0.05) is 0 Å². The fourth-order valence-electron chi connectivity index (χ4n) is 0.759. The van der Waals surface area contributed by atoms with Crippen molar-refractivity contribution < 1.29 is 9.53 Å². The standard InChI is InChI=1S/C7H10N2O2/c1-3-11-7(10)6-4-8-5-9(6)2/h4-5H,3H2,1-2H3. The normalized spacial score (nSPS) is 9.64. The van der Waals surface area contributed by atoms with E-state index in [1.54, 1.807) is 24.9 Å². The van der Waals surface area contributed by atoms with Gasteiger partial charge in [-0.2, -0.15) is 0 Å². The second-order valence-corrected chi connectivity index (χ2v) is 2.11. The van der Waals surface area contributed by atoms with E-state index in [-0.39, 0.29) is 5.97 Å². The molecule has 4 nitrogen and oxygen atoms in total. The zero-order valence-corrected chi connectivity index (χ0v) is 6.57. The third kappa shape index (κ3) is 1.58. The van der Waals surface area contributed by atoms with E-state index in [0.717, 1.165) is 0 Å². The number of carbonyl (C=O) groups excluding carboxylic acids is 1. The highest BCUT2D eigenvalue weighted by atomic mass is 16.5. The van der Waals surface area contributed by atoms with Gasteiger partial charge in [-0.3, -0.25) is 0 Å². The molecule has 0 aliphatic carbocycles. The number of aromatic nitrogens is 2. The van der Waals surface area contributed by atoms with E-state index in [1.165, 1.54) is 6.20 Å². The molecule has 0 radical (unpaired) electrons. The molecule has 0 aliphatic rings. The Balaban J connectivity index is 2.76. The number of nitrogens with zero attached hydrogens (tertiary/aromatic N) is 2. The van der Waals surface area contributed by atoms with E-state index >= 15 is 0 Å². The summed E-state index contributed by atoms with van der Waals surface area (Å²) in [7, 11) is 1.75. The summed E-state index contributed by atoms with van der Waals surface area (Å²) in [5, 5.41) is 0. The SMILES string of the molecule is CCOC(=O)c1cncn1C. The first-order valence-electron chi connectivity index (χ1n) is 3.39. The van der Waals surface area contributed by atoms with Crippen LogP contribution in [0.5, 0.6) is 0 Å². The van der Waals surface area contributed by atoms with Crippen LogP contribution < -0.4 is 0 Å². The smallest absolute Gasteiger partial charge is 0.356 e. The van der Waals surface area contributed by atoms with Crippen LogP contribution in [-0.2, 0) is 11.8 Å². The van der Waals surface area contributed by atoms with Crippen LogP contribution in [0.25, 0.3) is 0 Å². The van der Waals surface area contributed by atoms with Crippen LogP contribution in [0.3, 0.4) is 0 Å². The van der Waals surface area contributed by atoms with Crippen molar-refractivity contribution in [3.63, 3.8) is 0 Å². The minimum absolute atomic E-state index is 0.326. The Kier molecular flexibility index (Phi) is 2.25. The summed E-state index contributed by atoms with van der Waals surface area (Å²) in [6.07, 6.45) is 3.05. The van der Waals surface area contributed by atoms with Crippen molar-refractivity contribution in [2.24, 2.45) is 7.05 Å². The van der Waals surface area contributed by atoms with Gasteiger partial charge in [-0.25, -0.2) is 9.78 Å². The van der Waals surface area contributed by atoms with Crippen LogP contribution in [0.1, 0.15) is 17.4 Å². The minimum atomic E-state index is -0.326. The lowest BCUT2D eigenvalue weighted by Gasteiger charge is -2.00. The number of aryl methyl sites for hydroxylation is 1. The summed E-state index contributed by atoms with van der Waals surface area (Å²) in [5.41, 5.74) is 0.479. The third-order valence-electron chi connectivity index (χ3n) is 1.30. The molecule has 0 spiro atoms. The number of hydrogen-bond acceptors (Lipinski definition) is 3. The van der Waals surface area contributed by atoms with Gasteiger partial charge in [0.25, 0.3) is 0 Å². The van der Waals surface area contributed by atoms with Crippen molar-refractivity contribution in [3.05, 3.63) is 18.2 Å². The number of rotatable bonds is 2. The van der Waals surface area contributed by atoms with E-state index in [9.17, 15) is 4.79 Å². The maximum atomic E-state index is 11.0. The Morgan fingerprint density at radius 1 is 1.82 bits per heavy atom. The summed E-state index contributed by atoms with van der Waals surface area (Å²) in [5.74, 6) is -0.326. The summed E-state index contributed by atoms with van der Waals surface area (Å²) in [6.45, 7) is 2.16. The molecule has 0 fully saturated rings. The molecule has 60 valence electrons. The molecule has 0 N–H and O–H groups in total. The highest BCUT2D eigenvalue weighted by Crippen LogP contribution is 1.98. The Morgan fingerprint density at radius 3 is 3.00 bits per heavy atom. The van der Waals surface area contributed by atoms with Gasteiger partial charge < -0.3 is 9.30 Å². The van der Waals surface area contributed by atoms with Crippen molar-refractivity contribution in [2.75, 3.05) is 6.61 Å². The quantitative estimate of drug-likeness (QED) is 0.586. The van der Waals surface area contributed by atoms with E-state index in [4.69, 9.17) is 4.74 Å². The van der Waals surface area contributed by atoms with Crippen molar-refractivity contribution >= 4 is 5.97 Å². The molecule has 0 atom stereocenters. The molecule has 0 saturated heterocycles. The average Bonchev–Trinajstić information content (AvgIpc) is 2.36. The lowest BCUT2D eigenvalue weighted by Crippen LogP contribution is -2.08. The first-order valence-corrected chi connectivity index (χ1v) is 3.39. The summed E-state index contributed by atoms with van der Waals surface area (Å²) in [6, 6.07) is 0. The molecule has 4 heteroatoms. The van der Waals surface area contributed by atoms with Gasteiger partial charge in [0.1, 0.15) is 5.69 Å². The topological polar surface area (TPSA) is 44.1 Å². The van der Waals surface area contributed by atoms with Gasteiger partial charge in [0.2, 0.25) is 0 Å². The first kappa shape index (κ1) is 7.78. The molecule has 1 aromatic heterocycles. The molecule has 0 aliphatic heterocycles. The molecule has 0 saturated carbocycles. The molecular formula is C7H10N2O2. The van der Waals surface area contributed by atoms with E-state index in [2.05, 4.69) is 4.98 Å². The fourth-order valence-corrected chi connectivity index (χ4v) is 0.759. The van der Waals surface area contributed by atoms with Crippen LogP contribution in [0.15, 0.2) is 12.5 Å². The van der Waals surface area contributed by atoms with Gasteiger partial charge in [0, 0.05) is 7.05 Å². The van der Waals surface area contributed by atoms with Crippen LogP contribution in [0, 0.1) is 0 Å². The number of ether oxygens (including phenoxy) is 1. The largest absolute Gasteiger partial charge is 0.461 e. The van der Waals surface area contributed by atoms with Crippen LogP contribution in [0.4, 0.5) is 0 Å². The minimum Gasteiger partial charge on any atom is -0.461 e. The van der Waals surface area contributed by atoms with Crippen LogP contribution >= 0.6 is 0 Å². The highest BCUT2D eigenvalue weighted by Gasteiger charge is 2.08. The van der Waals surface area contributed by atoms with E-state index in [1.807, 2.05) is 0 Å². The van der Waals surface area contributed by atoms with Gasteiger partial charge in [-0.15, -0.1) is 0 Å². The molecule has 0 unspecified atom stereocenters. The van der Waals surface area contributed by atoms with Crippen molar-refractivity contribution in [1.82, 2.24) is 9.55 Å². The second-order valence-electron chi connectivity index (χ2n) is 2.11. The summed E-state index contributed by atoms with van der Waals surface area (Å²) >= 11 is 0. The highest BCUT2D eigenvalue weighted by molar-refractivity contribution is 5.87. The molecule has 11 heavy (non-hydrogen) atoms. The predicted octanol–water partition coefficient (Wildman–Crippen LogP) is 0.597. The van der Waals surface area contributed by atoms with Gasteiger partial charge in [-0.05, 0) is 6.92 Å². The third-order valence-corrected chi connectivity index (χ3v) is 1.30. The number of hydrogen-bond donors (Lipinski definition) is 0. The molecule has 1 heterocycles. The molecular weight excluding hydrogens is 144 g/mol. The zero-order chi connectivity index (χ0) is 8.27. The predicted molar refractivity (Wildman–Crippen MR) is 39.2 cm³/mol. The number of carbonyl (C=O) groups is 1. The van der Waals surface area contributed by atoms with Gasteiger partial charge in [0.15, 0.2) is 0 Å². The van der Waals surface area contributed by atoms with E-state index in [0.29, 0.717) is 12.3 Å². The Hall–Kier alpha value is -1.32. The summed E-state index contributed by atoms with van der Waals surface area (Å²) in [4.78, 5) is 14.8. The molecule has 1 rings (SSSR count). The summed E-state index contributed by atoms with van der Waals surface area (Å²) < 4.78 is 6.39. The zero-order valence-electron chi connectivity index (χ0n) is 6.57.